The first-order valence-corrected chi connectivity index (χ1v) is 8.86. The molecule has 2 aromatic carbocycles. The van der Waals surface area contributed by atoms with Crippen molar-refractivity contribution in [2.24, 2.45) is 11.8 Å². The smallest absolute Gasteiger partial charge is 0.308 e. The lowest BCUT2D eigenvalue weighted by atomic mass is 9.95. The van der Waals surface area contributed by atoms with E-state index in [1.54, 1.807) is 18.2 Å². The molecule has 0 saturated heterocycles. The maximum Gasteiger partial charge on any atom is 0.308 e. The number of hydrogen-bond acceptors (Lipinski definition) is 3. The number of rotatable bonds is 6. The summed E-state index contributed by atoms with van der Waals surface area (Å²) in [5.74, 6) is -1.41. The number of halogens is 1. The second-order valence-electron chi connectivity index (χ2n) is 6.43. The largest absolute Gasteiger partial charge is 0.492 e. The minimum absolute atomic E-state index is 0.0853. The van der Waals surface area contributed by atoms with E-state index in [4.69, 9.17) is 16.3 Å². The van der Waals surface area contributed by atoms with Gasteiger partial charge in [-0.1, -0.05) is 41.9 Å². The number of amides is 1. The highest BCUT2D eigenvalue weighted by Crippen LogP contribution is 2.29. The summed E-state index contributed by atoms with van der Waals surface area (Å²) in [4.78, 5) is 24.0. The predicted octanol–water partition coefficient (Wildman–Crippen LogP) is 2.95. The van der Waals surface area contributed by atoms with E-state index < -0.39 is 11.9 Å². The predicted molar refractivity (Wildman–Crippen MR) is 98.4 cm³/mol. The zero-order chi connectivity index (χ0) is 18.5. The fraction of sp³-hybridized carbons (Fsp3) is 0.300. The Labute approximate surface area is 156 Å². The van der Waals surface area contributed by atoms with Crippen LogP contribution in [-0.4, -0.2) is 30.1 Å². The van der Waals surface area contributed by atoms with Crippen LogP contribution in [-0.2, 0) is 22.4 Å². The summed E-state index contributed by atoms with van der Waals surface area (Å²) in [6.07, 6.45) is 0.897. The Kier molecular flexibility index (Phi) is 5.78. The van der Waals surface area contributed by atoms with Gasteiger partial charge in [-0.25, -0.2) is 0 Å². The quantitative estimate of drug-likeness (QED) is 0.816. The van der Waals surface area contributed by atoms with Gasteiger partial charge < -0.3 is 15.2 Å². The fourth-order valence-corrected chi connectivity index (χ4v) is 3.24. The highest BCUT2D eigenvalue weighted by atomic mass is 35.5. The summed E-state index contributed by atoms with van der Waals surface area (Å²) in [6, 6.07) is 14.7. The number of benzene rings is 2. The normalized spacial score (nSPS) is 16.9. The van der Waals surface area contributed by atoms with Crippen molar-refractivity contribution < 1.29 is 19.4 Å². The first kappa shape index (κ1) is 18.3. The van der Waals surface area contributed by atoms with Gasteiger partial charge in [0.05, 0.1) is 11.8 Å². The molecule has 3 rings (SSSR count). The Morgan fingerprint density at radius 1 is 1.23 bits per heavy atom. The number of carbonyl (C=O) groups is 2. The summed E-state index contributed by atoms with van der Waals surface area (Å²) in [5, 5.41) is 12.8. The monoisotopic (exact) mass is 373 g/mol. The van der Waals surface area contributed by atoms with E-state index in [-0.39, 0.29) is 25.0 Å². The summed E-state index contributed by atoms with van der Waals surface area (Å²) >= 11 is 6.00. The molecule has 0 spiro atoms. The van der Waals surface area contributed by atoms with E-state index in [1.807, 2.05) is 30.3 Å². The highest BCUT2D eigenvalue weighted by molar-refractivity contribution is 6.30. The second kappa shape index (κ2) is 8.23. The molecule has 1 aliphatic rings. The van der Waals surface area contributed by atoms with E-state index in [9.17, 15) is 14.7 Å². The zero-order valence-corrected chi connectivity index (χ0v) is 14.9. The third-order valence-electron chi connectivity index (χ3n) is 4.50. The van der Waals surface area contributed by atoms with Gasteiger partial charge >= 0.3 is 5.97 Å². The SMILES string of the molecule is O=C(O)C(CNC(=O)C1COc2ccc(Cl)cc2C1)Cc1ccccc1. The molecule has 2 aromatic rings. The third-order valence-corrected chi connectivity index (χ3v) is 4.73. The van der Waals surface area contributed by atoms with Gasteiger partial charge in [-0.05, 0) is 42.2 Å². The fourth-order valence-electron chi connectivity index (χ4n) is 3.05. The van der Waals surface area contributed by atoms with Gasteiger partial charge in [0.1, 0.15) is 12.4 Å². The molecule has 0 fully saturated rings. The molecule has 1 heterocycles. The summed E-state index contributed by atoms with van der Waals surface area (Å²) in [7, 11) is 0. The number of aliphatic carboxylic acids is 1. The van der Waals surface area contributed by atoms with Crippen molar-refractivity contribution >= 4 is 23.5 Å². The molecule has 1 aliphatic heterocycles. The molecule has 136 valence electrons. The molecular formula is C20H20ClNO4. The van der Waals surface area contributed by atoms with Crippen molar-refractivity contribution in [3.63, 3.8) is 0 Å². The first-order valence-electron chi connectivity index (χ1n) is 8.48. The number of nitrogens with one attached hydrogen (secondary N) is 1. The second-order valence-corrected chi connectivity index (χ2v) is 6.87. The van der Waals surface area contributed by atoms with Crippen molar-refractivity contribution in [1.82, 2.24) is 5.32 Å². The molecule has 2 unspecified atom stereocenters. The number of fused-ring (bicyclic) bond motifs is 1. The van der Waals surface area contributed by atoms with Gasteiger partial charge in [-0.15, -0.1) is 0 Å². The molecule has 6 heteroatoms. The van der Waals surface area contributed by atoms with Gasteiger partial charge in [0.2, 0.25) is 5.91 Å². The summed E-state index contributed by atoms with van der Waals surface area (Å²) < 4.78 is 5.63. The lowest BCUT2D eigenvalue weighted by Crippen LogP contribution is -2.41. The number of carbonyl (C=O) groups excluding carboxylic acids is 1. The molecule has 0 saturated carbocycles. The molecule has 0 aromatic heterocycles. The summed E-state index contributed by atoms with van der Waals surface area (Å²) in [6.45, 7) is 0.360. The lowest BCUT2D eigenvalue weighted by Gasteiger charge is -2.25. The molecular weight excluding hydrogens is 354 g/mol. The number of carboxylic acids is 1. The Bertz CT molecular complexity index is 794. The molecule has 0 radical (unpaired) electrons. The van der Waals surface area contributed by atoms with E-state index in [1.165, 1.54) is 0 Å². The van der Waals surface area contributed by atoms with Crippen LogP contribution in [0.1, 0.15) is 11.1 Å². The van der Waals surface area contributed by atoms with Gasteiger partial charge in [0, 0.05) is 11.6 Å². The third kappa shape index (κ3) is 4.55. The maximum absolute atomic E-state index is 12.5. The number of hydrogen-bond donors (Lipinski definition) is 2. The highest BCUT2D eigenvalue weighted by Gasteiger charge is 2.27. The van der Waals surface area contributed by atoms with E-state index >= 15 is 0 Å². The number of carboxylic acid groups (broad SMARTS) is 1. The van der Waals surface area contributed by atoms with Crippen LogP contribution in [0.3, 0.4) is 0 Å². The van der Waals surface area contributed by atoms with Crippen molar-refractivity contribution in [2.45, 2.75) is 12.8 Å². The minimum Gasteiger partial charge on any atom is -0.492 e. The van der Waals surface area contributed by atoms with Crippen molar-refractivity contribution in [3.05, 3.63) is 64.7 Å². The Balaban J connectivity index is 1.58. The van der Waals surface area contributed by atoms with Crippen molar-refractivity contribution in [3.8, 4) is 5.75 Å². The molecule has 5 nitrogen and oxygen atoms in total. The lowest BCUT2D eigenvalue weighted by molar-refractivity contribution is -0.141. The van der Waals surface area contributed by atoms with Crippen molar-refractivity contribution in [2.75, 3.05) is 13.2 Å². The molecule has 2 N–H and O–H groups in total. The zero-order valence-electron chi connectivity index (χ0n) is 14.2. The standard InChI is InChI=1S/C20H20ClNO4/c21-17-6-7-18-14(10-17)9-16(12-26-18)19(23)22-11-15(20(24)25)8-13-4-2-1-3-5-13/h1-7,10,15-16H,8-9,11-12H2,(H,22,23)(H,24,25). The van der Waals surface area contributed by atoms with Crippen LogP contribution >= 0.6 is 11.6 Å². The van der Waals surface area contributed by atoms with Gasteiger partial charge in [-0.2, -0.15) is 0 Å². The topological polar surface area (TPSA) is 75.6 Å². The molecule has 1 amide bonds. The maximum atomic E-state index is 12.5. The van der Waals surface area contributed by atoms with Crippen LogP contribution in [0.5, 0.6) is 5.75 Å². The minimum atomic E-state index is -0.925. The van der Waals surface area contributed by atoms with Crippen molar-refractivity contribution in [1.29, 1.82) is 0 Å². The average Bonchev–Trinajstić information content (AvgIpc) is 2.64. The van der Waals surface area contributed by atoms with E-state index in [0.717, 1.165) is 16.9 Å². The Hall–Kier alpha value is -2.53. The van der Waals surface area contributed by atoms with Crippen LogP contribution in [0.15, 0.2) is 48.5 Å². The Morgan fingerprint density at radius 2 is 2.00 bits per heavy atom. The van der Waals surface area contributed by atoms with Crippen LogP contribution in [0.4, 0.5) is 0 Å². The van der Waals surface area contributed by atoms with Gasteiger partial charge in [0.25, 0.3) is 0 Å². The Morgan fingerprint density at radius 3 is 2.73 bits per heavy atom. The van der Waals surface area contributed by atoms with Crippen LogP contribution in [0.2, 0.25) is 5.02 Å². The van der Waals surface area contributed by atoms with E-state index in [2.05, 4.69) is 5.32 Å². The molecule has 26 heavy (non-hydrogen) atoms. The van der Waals surface area contributed by atoms with E-state index in [0.29, 0.717) is 17.9 Å². The van der Waals surface area contributed by atoms with Gasteiger partial charge in [-0.3, -0.25) is 9.59 Å². The molecule has 2 atom stereocenters. The first-order chi connectivity index (χ1) is 12.5. The average molecular weight is 374 g/mol. The van der Waals surface area contributed by atoms with Gasteiger partial charge in [0.15, 0.2) is 0 Å². The summed E-state index contributed by atoms with van der Waals surface area (Å²) in [5.41, 5.74) is 1.82. The van der Waals surface area contributed by atoms with Crippen LogP contribution < -0.4 is 10.1 Å². The molecule has 0 bridgehead atoms. The van der Waals surface area contributed by atoms with Crippen LogP contribution in [0, 0.1) is 11.8 Å². The molecule has 0 aliphatic carbocycles. The number of ether oxygens (including phenoxy) is 1. The van der Waals surface area contributed by atoms with Crippen LogP contribution in [0.25, 0.3) is 0 Å².